The van der Waals surface area contributed by atoms with Crippen LogP contribution < -0.4 is 0 Å². The van der Waals surface area contributed by atoms with E-state index in [0.29, 0.717) is 6.54 Å². The normalized spacial score (nSPS) is 15.7. The molecule has 106 valence electrons. The topological polar surface area (TPSA) is 57.6 Å². The van der Waals surface area contributed by atoms with Crippen LogP contribution in [-0.2, 0) is 16.6 Å². The summed E-state index contributed by atoms with van der Waals surface area (Å²) in [4.78, 5) is 1.28. The molecule has 0 saturated heterocycles. The molecule has 1 N–H and O–H groups in total. The zero-order valence-electron chi connectivity index (χ0n) is 10.8. The Balaban J connectivity index is 1.91. The summed E-state index contributed by atoms with van der Waals surface area (Å²) >= 11 is 1.56. The number of benzene rings is 1. The molecular weight excluding hydrogens is 294 g/mol. The lowest BCUT2D eigenvalue weighted by Gasteiger charge is -2.21. The van der Waals surface area contributed by atoms with Gasteiger partial charge in [-0.05, 0) is 48.6 Å². The van der Waals surface area contributed by atoms with Crippen LogP contribution in [0.3, 0.4) is 0 Å². The van der Waals surface area contributed by atoms with Crippen LogP contribution in [0.5, 0.6) is 5.75 Å². The predicted molar refractivity (Wildman–Crippen MR) is 78.2 cm³/mol. The molecule has 6 heteroatoms. The van der Waals surface area contributed by atoms with Crippen molar-refractivity contribution in [2.45, 2.75) is 30.3 Å². The number of nitrogens with zero attached hydrogens (tertiary/aromatic N) is 1. The predicted octanol–water partition coefficient (Wildman–Crippen LogP) is 2.81. The van der Waals surface area contributed by atoms with E-state index >= 15 is 0 Å². The van der Waals surface area contributed by atoms with E-state index in [9.17, 15) is 13.5 Å². The molecule has 3 rings (SSSR count). The van der Waals surface area contributed by atoms with Crippen molar-refractivity contribution in [1.29, 1.82) is 0 Å². The zero-order chi connectivity index (χ0) is 14.2. The molecule has 4 nitrogen and oxygen atoms in total. The summed E-state index contributed by atoms with van der Waals surface area (Å²) in [5, 5.41) is 11.2. The molecule has 1 aromatic heterocycles. The third-order valence-corrected chi connectivity index (χ3v) is 6.06. The van der Waals surface area contributed by atoms with E-state index in [1.165, 1.54) is 24.3 Å². The van der Waals surface area contributed by atoms with Gasteiger partial charge in [0.15, 0.2) is 0 Å². The Hall–Kier alpha value is -1.37. The maximum Gasteiger partial charge on any atom is 0.243 e. The lowest BCUT2D eigenvalue weighted by Crippen LogP contribution is -2.32. The molecule has 0 radical (unpaired) electrons. The first-order valence-corrected chi connectivity index (χ1v) is 8.72. The molecule has 1 heterocycles. The molecule has 20 heavy (non-hydrogen) atoms. The molecule has 0 bridgehead atoms. The molecule has 0 unspecified atom stereocenters. The highest BCUT2D eigenvalue weighted by molar-refractivity contribution is 7.89. The number of hydrogen-bond donors (Lipinski definition) is 1. The van der Waals surface area contributed by atoms with Crippen molar-refractivity contribution in [3.63, 3.8) is 0 Å². The van der Waals surface area contributed by atoms with Crippen molar-refractivity contribution in [2.75, 3.05) is 0 Å². The molecule has 0 aliphatic heterocycles. The fraction of sp³-hybridized carbons (Fsp3) is 0.286. The second-order valence-electron chi connectivity index (χ2n) is 4.85. The highest BCUT2D eigenvalue weighted by Crippen LogP contribution is 2.34. The number of hydrogen-bond acceptors (Lipinski definition) is 4. The van der Waals surface area contributed by atoms with Crippen molar-refractivity contribution < 1.29 is 13.5 Å². The second kappa shape index (κ2) is 5.20. The van der Waals surface area contributed by atoms with E-state index in [1.807, 2.05) is 17.5 Å². The largest absolute Gasteiger partial charge is 0.508 e. The zero-order valence-corrected chi connectivity index (χ0v) is 12.4. The van der Waals surface area contributed by atoms with Crippen LogP contribution in [0.25, 0.3) is 0 Å². The third kappa shape index (κ3) is 2.72. The quantitative estimate of drug-likeness (QED) is 0.924. The summed E-state index contributed by atoms with van der Waals surface area (Å²) in [5.74, 6) is 0.0696. The number of sulfonamides is 1. The Kier molecular flexibility index (Phi) is 3.54. The minimum atomic E-state index is -3.50. The summed E-state index contributed by atoms with van der Waals surface area (Å²) in [6, 6.07) is 9.70. The van der Waals surface area contributed by atoms with Gasteiger partial charge in [-0.25, -0.2) is 8.42 Å². The summed E-state index contributed by atoms with van der Waals surface area (Å²) in [7, 11) is -3.50. The minimum Gasteiger partial charge on any atom is -0.508 e. The van der Waals surface area contributed by atoms with Gasteiger partial charge in [-0.3, -0.25) is 0 Å². The van der Waals surface area contributed by atoms with E-state index < -0.39 is 10.0 Å². The highest BCUT2D eigenvalue weighted by atomic mass is 32.2. The van der Waals surface area contributed by atoms with Crippen LogP contribution in [0, 0.1) is 0 Å². The maximum absolute atomic E-state index is 12.7. The summed E-state index contributed by atoms with van der Waals surface area (Å²) in [6.07, 6.45) is 1.84. The summed E-state index contributed by atoms with van der Waals surface area (Å²) in [5.41, 5.74) is 0. The Bertz CT molecular complexity index is 674. The molecule has 2 aromatic rings. The Morgan fingerprint density at radius 3 is 2.45 bits per heavy atom. The lowest BCUT2D eigenvalue weighted by molar-refractivity contribution is 0.401. The SMILES string of the molecule is O=S(=O)(c1ccc(O)cc1)N(Cc1cccs1)C1CC1. The van der Waals surface area contributed by atoms with Crippen molar-refractivity contribution in [3.8, 4) is 5.75 Å². The number of phenolic OH excluding ortho intramolecular Hbond substituents is 1. The highest BCUT2D eigenvalue weighted by Gasteiger charge is 2.38. The van der Waals surface area contributed by atoms with Gasteiger partial charge in [0.1, 0.15) is 5.75 Å². The first-order valence-electron chi connectivity index (χ1n) is 6.40. The summed E-state index contributed by atoms with van der Waals surface area (Å²) in [6.45, 7) is 0.422. The van der Waals surface area contributed by atoms with Gasteiger partial charge in [0, 0.05) is 17.5 Å². The molecular formula is C14H15NO3S2. The Morgan fingerprint density at radius 2 is 1.90 bits per heavy atom. The van der Waals surface area contributed by atoms with Gasteiger partial charge in [0.05, 0.1) is 4.90 Å². The van der Waals surface area contributed by atoms with E-state index in [4.69, 9.17) is 0 Å². The molecule has 1 fully saturated rings. The fourth-order valence-corrected chi connectivity index (χ4v) is 4.53. The molecule has 0 spiro atoms. The first-order chi connectivity index (χ1) is 9.57. The van der Waals surface area contributed by atoms with Crippen molar-refractivity contribution in [1.82, 2.24) is 4.31 Å². The van der Waals surface area contributed by atoms with Crippen molar-refractivity contribution >= 4 is 21.4 Å². The molecule has 1 aromatic carbocycles. The van der Waals surface area contributed by atoms with Crippen LogP contribution in [0.2, 0.25) is 0 Å². The first kappa shape index (κ1) is 13.6. The Morgan fingerprint density at radius 1 is 1.20 bits per heavy atom. The van der Waals surface area contributed by atoms with Gasteiger partial charge in [0.2, 0.25) is 10.0 Å². The van der Waals surface area contributed by atoms with Gasteiger partial charge >= 0.3 is 0 Å². The number of thiophene rings is 1. The number of phenols is 1. The third-order valence-electron chi connectivity index (χ3n) is 3.29. The van der Waals surface area contributed by atoms with Crippen LogP contribution in [0.4, 0.5) is 0 Å². The molecule has 1 aliphatic rings. The lowest BCUT2D eigenvalue weighted by atomic mass is 10.3. The average Bonchev–Trinajstić information content (AvgIpc) is 3.12. The van der Waals surface area contributed by atoms with Crippen LogP contribution in [0.1, 0.15) is 17.7 Å². The van der Waals surface area contributed by atoms with Gasteiger partial charge in [0.25, 0.3) is 0 Å². The van der Waals surface area contributed by atoms with Gasteiger partial charge < -0.3 is 5.11 Å². The minimum absolute atomic E-state index is 0.0696. The van der Waals surface area contributed by atoms with E-state index in [0.717, 1.165) is 17.7 Å². The maximum atomic E-state index is 12.7. The standard InChI is InChI=1S/C14H15NO3S2/c16-12-5-7-14(8-6-12)20(17,18)15(11-3-4-11)10-13-2-1-9-19-13/h1-2,5-9,11,16H,3-4,10H2. The van der Waals surface area contributed by atoms with E-state index in [1.54, 1.807) is 15.6 Å². The number of rotatable bonds is 5. The van der Waals surface area contributed by atoms with Gasteiger partial charge in [-0.15, -0.1) is 11.3 Å². The van der Waals surface area contributed by atoms with Gasteiger partial charge in [-0.2, -0.15) is 4.31 Å². The molecule has 1 aliphatic carbocycles. The molecule has 0 atom stereocenters. The Labute approximate surface area is 122 Å². The number of aromatic hydroxyl groups is 1. The molecule has 0 amide bonds. The summed E-state index contributed by atoms with van der Waals surface area (Å²) < 4.78 is 27.0. The second-order valence-corrected chi connectivity index (χ2v) is 7.78. The van der Waals surface area contributed by atoms with Crippen LogP contribution in [0.15, 0.2) is 46.7 Å². The van der Waals surface area contributed by atoms with Crippen LogP contribution in [-0.4, -0.2) is 23.9 Å². The van der Waals surface area contributed by atoms with E-state index in [2.05, 4.69) is 0 Å². The fourth-order valence-electron chi connectivity index (χ4n) is 2.08. The van der Waals surface area contributed by atoms with Crippen LogP contribution >= 0.6 is 11.3 Å². The monoisotopic (exact) mass is 309 g/mol. The van der Waals surface area contributed by atoms with Crippen molar-refractivity contribution in [3.05, 3.63) is 46.7 Å². The van der Waals surface area contributed by atoms with E-state index in [-0.39, 0.29) is 16.7 Å². The average molecular weight is 309 g/mol. The van der Waals surface area contributed by atoms with Gasteiger partial charge in [-0.1, -0.05) is 6.07 Å². The molecule has 1 saturated carbocycles. The van der Waals surface area contributed by atoms with Crippen molar-refractivity contribution in [2.24, 2.45) is 0 Å². The smallest absolute Gasteiger partial charge is 0.243 e.